The molecule has 2 amide bonds. The van der Waals surface area contributed by atoms with E-state index >= 15 is 0 Å². The van der Waals surface area contributed by atoms with Crippen LogP contribution in [0.2, 0.25) is 0 Å². The molecule has 2 aromatic carbocycles. The minimum absolute atomic E-state index is 0.0226. The Kier molecular flexibility index (Phi) is 4.38. The largest absolute Gasteiger partial charge is 0.451 e. The van der Waals surface area contributed by atoms with Crippen LogP contribution in [0.3, 0.4) is 0 Å². The fourth-order valence-corrected chi connectivity index (χ4v) is 5.16. The third-order valence-electron chi connectivity index (χ3n) is 6.51. The van der Waals surface area contributed by atoms with Gasteiger partial charge in [0, 0.05) is 23.9 Å². The minimum Gasteiger partial charge on any atom is -0.451 e. The van der Waals surface area contributed by atoms with Gasteiger partial charge < -0.3 is 14.6 Å². The number of fused-ring (bicyclic) bond motifs is 1. The van der Waals surface area contributed by atoms with Gasteiger partial charge >= 0.3 is 0 Å². The van der Waals surface area contributed by atoms with Crippen molar-refractivity contribution in [1.82, 2.24) is 10.2 Å². The first-order valence-electron chi connectivity index (χ1n) is 10.3. The molecular formula is C24H23FN2O3. The van der Waals surface area contributed by atoms with E-state index in [4.69, 9.17) is 4.42 Å². The van der Waals surface area contributed by atoms with Gasteiger partial charge in [-0.25, -0.2) is 4.39 Å². The molecule has 2 fully saturated rings. The van der Waals surface area contributed by atoms with E-state index in [1.807, 2.05) is 37.3 Å². The topological polar surface area (TPSA) is 62.6 Å². The average molecular weight is 406 g/mol. The zero-order valence-corrected chi connectivity index (χ0v) is 16.8. The van der Waals surface area contributed by atoms with Crippen molar-refractivity contribution in [2.75, 3.05) is 6.54 Å². The van der Waals surface area contributed by atoms with Crippen LogP contribution in [0.5, 0.6) is 0 Å². The Labute approximate surface area is 173 Å². The maximum absolute atomic E-state index is 14.1. The van der Waals surface area contributed by atoms with Gasteiger partial charge in [-0.1, -0.05) is 30.3 Å². The average Bonchev–Trinajstić information content (AvgIpc) is 3.27. The molecule has 2 aliphatic rings. The normalized spacial score (nSPS) is 23.9. The molecule has 1 aromatic heterocycles. The number of aryl methyl sites for hydroxylation is 1. The van der Waals surface area contributed by atoms with Gasteiger partial charge in [0.05, 0.1) is 11.6 Å². The number of furan rings is 1. The summed E-state index contributed by atoms with van der Waals surface area (Å²) in [5.41, 5.74) is 1.57. The molecule has 3 heterocycles. The van der Waals surface area contributed by atoms with E-state index in [-0.39, 0.29) is 17.6 Å². The lowest BCUT2D eigenvalue weighted by Gasteiger charge is -2.48. The van der Waals surface area contributed by atoms with Gasteiger partial charge in [-0.2, -0.15) is 0 Å². The summed E-state index contributed by atoms with van der Waals surface area (Å²) in [6, 6.07) is 13.5. The van der Waals surface area contributed by atoms with Gasteiger partial charge in [0.2, 0.25) is 5.91 Å². The van der Waals surface area contributed by atoms with Gasteiger partial charge in [-0.05, 0) is 49.9 Å². The van der Waals surface area contributed by atoms with Crippen LogP contribution in [0.4, 0.5) is 4.39 Å². The number of halogens is 1. The number of nitrogens with one attached hydrogen (secondary N) is 1. The number of carbonyl (C=O) groups excluding carboxylic acids is 2. The van der Waals surface area contributed by atoms with Gasteiger partial charge in [0.15, 0.2) is 5.76 Å². The highest BCUT2D eigenvalue weighted by Crippen LogP contribution is 2.45. The van der Waals surface area contributed by atoms with Crippen LogP contribution in [0.15, 0.2) is 52.9 Å². The van der Waals surface area contributed by atoms with E-state index in [0.29, 0.717) is 36.3 Å². The zero-order valence-electron chi connectivity index (χ0n) is 16.8. The Bertz CT molecular complexity index is 1150. The molecule has 30 heavy (non-hydrogen) atoms. The molecule has 0 saturated carbocycles. The molecule has 1 spiro atoms. The molecule has 2 saturated heterocycles. The third-order valence-corrected chi connectivity index (χ3v) is 6.51. The number of rotatable bonds is 2. The smallest absolute Gasteiger partial charge is 0.290 e. The van der Waals surface area contributed by atoms with Crippen molar-refractivity contribution >= 4 is 22.8 Å². The second-order valence-corrected chi connectivity index (χ2v) is 8.32. The van der Waals surface area contributed by atoms with Crippen molar-refractivity contribution in [3.05, 3.63) is 71.2 Å². The van der Waals surface area contributed by atoms with Crippen molar-refractivity contribution in [1.29, 1.82) is 0 Å². The lowest BCUT2D eigenvalue weighted by molar-refractivity contribution is -0.120. The summed E-state index contributed by atoms with van der Waals surface area (Å²) >= 11 is 0. The molecule has 1 N–H and O–H groups in total. The molecule has 0 bridgehead atoms. The van der Waals surface area contributed by atoms with Crippen molar-refractivity contribution in [3.63, 3.8) is 0 Å². The predicted molar refractivity (Wildman–Crippen MR) is 110 cm³/mol. The number of nitrogens with zero attached hydrogens (tertiary/aromatic N) is 1. The lowest BCUT2D eigenvalue weighted by Crippen LogP contribution is -2.58. The van der Waals surface area contributed by atoms with Crippen molar-refractivity contribution in [3.8, 4) is 0 Å². The van der Waals surface area contributed by atoms with Crippen LogP contribution in [-0.4, -0.2) is 28.8 Å². The predicted octanol–water partition coefficient (Wildman–Crippen LogP) is 4.51. The van der Waals surface area contributed by atoms with Crippen molar-refractivity contribution < 1.29 is 18.4 Å². The van der Waals surface area contributed by atoms with Gasteiger partial charge in [0.1, 0.15) is 11.4 Å². The van der Waals surface area contributed by atoms with E-state index in [1.165, 1.54) is 12.1 Å². The Morgan fingerprint density at radius 2 is 2.03 bits per heavy atom. The van der Waals surface area contributed by atoms with Crippen LogP contribution in [0, 0.1) is 12.7 Å². The molecular weight excluding hydrogens is 383 g/mol. The Morgan fingerprint density at radius 1 is 1.20 bits per heavy atom. The maximum atomic E-state index is 14.1. The number of carbonyl (C=O) groups is 2. The number of hydrogen-bond acceptors (Lipinski definition) is 3. The van der Waals surface area contributed by atoms with Crippen LogP contribution in [0.1, 0.15) is 53.4 Å². The highest BCUT2D eigenvalue weighted by molar-refractivity contribution is 5.99. The highest BCUT2D eigenvalue weighted by Gasteiger charge is 2.51. The Hall–Kier alpha value is -3.15. The number of benzene rings is 2. The molecule has 154 valence electrons. The summed E-state index contributed by atoms with van der Waals surface area (Å²) in [6.45, 7) is 2.40. The van der Waals surface area contributed by atoms with Crippen LogP contribution < -0.4 is 5.32 Å². The maximum Gasteiger partial charge on any atom is 0.290 e. The summed E-state index contributed by atoms with van der Waals surface area (Å²) in [5.74, 6) is -0.298. The second kappa shape index (κ2) is 6.97. The monoisotopic (exact) mass is 406 g/mol. The van der Waals surface area contributed by atoms with E-state index in [0.717, 1.165) is 23.8 Å². The van der Waals surface area contributed by atoms with Gasteiger partial charge in [-0.15, -0.1) is 0 Å². The Morgan fingerprint density at radius 3 is 2.77 bits per heavy atom. The quantitative estimate of drug-likeness (QED) is 0.681. The van der Waals surface area contributed by atoms with Crippen LogP contribution in [0.25, 0.3) is 11.0 Å². The van der Waals surface area contributed by atoms with Crippen molar-refractivity contribution in [2.45, 2.75) is 44.2 Å². The fourth-order valence-electron chi connectivity index (χ4n) is 5.16. The summed E-state index contributed by atoms with van der Waals surface area (Å²) in [6.07, 6.45) is 2.55. The molecule has 5 nitrogen and oxygen atoms in total. The molecule has 6 heteroatoms. The molecule has 0 unspecified atom stereocenters. The standard InChI is InChI=1S/C24H23FN2O3/c1-15-18-8-2-3-9-19(18)30-21(15)23(29)27-13-5-11-24(12-10-20(28)26-24)22(27)16-6-4-7-17(25)14-16/h2-4,6-9,14,22H,5,10-13H2,1H3,(H,26,28)/t22-,24+/m1/s1. The molecule has 2 atom stereocenters. The number of amides is 2. The van der Waals surface area contributed by atoms with E-state index < -0.39 is 11.6 Å². The molecule has 2 aliphatic heterocycles. The second-order valence-electron chi connectivity index (χ2n) is 8.32. The first-order chi connectivity index (χ1) is 14.5. The van der Waals surface area contributed by atoms with Crippen molar-refractivity contribution in [2.24, 2.45) is 0 Å². The lowest BCUT2D eigenvalue weighted by atomic mass is 9.76. The van der Waals surface area contributed by atoms with Gasteiger partial charge in [0.25, 0.3) is 5.91 Å². The SMILES string of the molecule is Cc1c(C(=O)N2CCC[C@]3(CCC(=O)N3)[C@H]2c2cccc(F)c2)oc2ccccc12. The highest BCUT2D eigenvalue weighted by atomic mass is 19.1. The molecule has 0 aliphatic carbocycles. The summed E-state index contributed by atoms with van der Waals surface area (Å²) < 4.78 is 20.1. The third kappa shape index (κ3) is 2.90. The molecule has 5 rings (SSSR count). The van der Waals surface area contributed by atoms with E-state index in [2.05, 4.69) is 5.32 Å². The minimum atomic E-state index is -0.585. The summed E-state index contributed by atoms with van der Waals surface area (Å²) in [4.78, 5) is 27.6. The Balaban J connectivity index is 1.62. The van der Waals surface area contributed by atoms with E-state index in [9.17, 15) is 14.0 Å². The number of hydrogen-bond donors (Lipinski definition) is 1. The number of piperidine rings is 1. The summed E-state index contributed by atoms with van der Waals surface area (Å²) in [5, 5.41) is 4.04. The first kappa shape index (κ1) is 18.9. The van der Waals surface area contributed by atoms with Crippen LogP contribution >= 0.6 is 0 Å². The fraction of sp³-hybridized carbons (Fsp3) is 0.333. The zero-order chi connectivity index (χ0) is 20.9. The number of para-hydroxylation sites is 1. The van der Waals surface area contributed by atoms with Crippen LogP contribution in [-0.2, 0) is 4.79 Å². The van der Waals surface area contributed by atoms with Gasteiger partial charge in [-0.3, -0.25) is 9.59 Å². The first-order valence-corrected chi connectivity index (χ1v) is 10.3. The van der Waals surface area contributed by atoms with E-state index in [1.54, 1.807) is 11.0 Å². The summed E-state index contributed by atoms with van der Waals surface area (Å²) in [7, 11) is 0. The molecule has 3 aromatic rings. The molecule has 0 radical (unpaired) electrons. The number of likely N-dealkylation sites (tertiary alicyclic amines) is 1.